The Bertz CT molecular complexity index is 523. The average molecular weight is 251 g/mol. The van der Waals surface area contributed by atoms with Gasteiger partial charge in [0.05, 0.1) is 12.7 Å². The molecular weight excluding hydrogens is 236 g/mol. The highest BCUT2D eigenvalue weighted by Crippen LogP contribution is 2.08. The maximum absolute atomic E-state index is 13.3. The number of hydrogen-bond acceptors (Lipinski definition) is 2. The Balaban J connectivity index is 1.80. The molecule has 1 aromatic heterocycles. The minimum absolute atomic E-state index is 0.309. The number of halogens is 2. The third kappa shape index (κ3) is 3.37. The van der Waals surface area contributed by atoms with Crippen molar-refractivity contribution in [1.29, 1.82) is 0 Å². The molecule has 0 bridgehead atoms. The van der Waals surface area contributed by atoms with Crippen LogP contribution in [-0.2, 0) is 13.1 Å². The molecule has 2 rings (SSSR count). The van der Waals surface area contributed by atoms with Gasteiger partial charge in [-0.2, -0.15) is 5.10 Å². The van der Waals surface area contributed by atoms with Crippen molar-refractivity contribution < 1.29 is 8.78 Å². The van der Waals surface area contributed by atoms with E-state index in [0.717, 1.165) is 17.7 Å². The molecule has 0 radical (unpaired) electrons. The zero-order valence-corrected chi connectivity index (χ0v) is 10.2. The lowest BCUT2D eigenvalue weighted by Gasteiger charge is -2.06. The van der Waals surface area contributed by atoms with Gasteiger partial charge in [-0.05, 0) is 30.7 Å². The molecule has 0 fully saturated rings. The first kappa shape index (κ1) is 12.7. The first-order valence-corrected chi connectivity index (χ1v) is 5.79. The van der Waals surface area contributed by atoms with Crippen LogP contribution < -0.4 is 5.32 Å². The molecule has 0 aliphatic rings. The summed E-state index contributed by atoms with van der Waals surface area (Å²) < 4.78 is 28.0. The number of hydrogen-bond donors (Lipinski definition) is 1. The second-order valence-electron chi connectivity index (χ2n) is 4.19. The van der Waals surface area contributed by atoms with E-state index in [0.29, 0.717) is 25.2 Å². The fourth-order valence-electron chi connectivity index (χ4n) is 1.68. The fourth-order valence-corrected chi connectivity index (χ4v) is 1.68. The second kappa shape index (κ2) is 5.73. The van der Waals surface area contributed by atoms with Crippen LogP contribution in [0.1, 0.15) is 11.1 Å². The lowest BCUT2D eigenvalue weighted by Crippen LogP contribution is -2.20. The summed E-state index contributed by atoms with van der Waals surface area (Å²) in [6.45, 7) is 3.63. The van der Waals surface area contributed by atoms with Gasteiger partial charge in [0.1, 0.15) is 11.6 Å². The van der Waals surface area contributed by atoms with Crippen molar-refractivity contribution in [2.24, 2.45) is 0 Å². The van der Waals surface area contributed by atoms with Gasteiger partial charge in [-0.1, -0.05) is 0 Å². The lowest BCUT2D eigenvalue weighted by molar-refractivity contribution is 0.534. The third-order valence-electron chi connectivity index (χ3n) is 2.60. The Morgan fingerprint density at radius 1 is 1.33 bits per heavy atom. The van der Waals surface area contributed by atoms with E-state index in [-0.39, 0.29) is 5.82 Å². The zero-order valence-electron chi connectivity index (χ0n) is 10.2. The van der Waals surface area contributed by atoms with E-state index in [1.54, 1.807) is 6.20 Å². The van der Waals surface area contributed by atoms with Gasteiger partial charge in [0, 0.05) is 24.8 Å². The van der Waals surface area contributed by atoms with E-state index >= 15 is 0 Å². The normalized spacial score (nSPS) is 10.8. The molecule has 0 aliphatic heterocycles. The summed E-state index contributed by atoms with van der Waals surface area (Å²) in [5, 5.41) is 7.19. The maximum Gasteiger partial charge on any atom is 0.127 e. The molecule has 0 amide bonds. The van der Waals surface area contributed by atoms with E-state index in [1.165, 1.54) is 6.07 Å². The number of nitrogens with one attached hydrogen (secondary N) is 1. The largest absolute Gasteiger partial charge is 0.311 e. The van der Waals surface area contributed by atoms with Crippen LogP contribution in [0.25, 0.3) is 0 Å². The van der Waals surface area contributed by atoms with Crippen molar-refractivity contribution in [3.8, 4) is 0 Å². The van der Waals surface area contributed by atoms with Gasteiger partial charge in [-0.25, -0.2) is 8.78 Å². The van der Waals surface area contributed by atoms with Gasteiger partial charge in [-0.3, -0.25) is 4.68 Å². The SMILES string of the molecule is Cc1cnn(CCNCc2cc(F)ccc2F)c1. The zero-order chi connectivity index (χ0) is 13.0. The molecule has 3 nitrogen and oxygen atoms in total. The number of benzene rings is 1. The van der Waals surface area contributed by atoms with Crippen LogP contribution in [0.3, 0.4) is 0 Å². The van der Waals surface area contributed by atoms with E-state index in [4.69, 9.17) is 0 Å². The van der Waals surface area contributed by atoms with E-state index in [1.807, 2.05) is 17.8 Å². The van der Waals surface area contributed by atoms with E-state index in [9.17, 15) is 8.78 Å². The summed E-state index contributed by atoms with van der Waals surface area (Å²) in [5.41, 5.74) is 1.44. The van der Waals surface area contributed by atoms with Gasteiger partial charge >= 0.3 is 0 Å². The fraction of sp³-hybridized carbons (Fsp3) is 0.308. The van der Waals surface area contributed by atoms with Gasteiger partial charge in [0.25, 0.3) is 0 Å². The van der Waals surface area contributed by atoms with Crippen molar-refractivity contribution >= 4 is 0 Å². The number of aryl methyl sites for hydroxylation is 1. The Morgan fingerprint density at radius 2 is 2.17 bits per heavy atom. The summed E-state index contributed by atoms with van der Waals surface area (Å²) in [5.74, 6) is -0.810. The molecule has 0 unspecified atom stereocenters. The van der Waals surface area contributed by atoms with Crippen molar-refractivity contribution in [3.63, 3.8) is 0 Å². The predicted molar refractivity (Wildman–Crippen MR) is 65.0 cm³/mol. The molecule has 0 aliphatic carbocycles. The van der Waals surface area contributed by atoms with Crippen molar-refractivity contribution in [1.82, 2.24) is 15.1 Å². The monoisotopic (exact) mass is 251 g/mol. The molecule has 5 heteroatoms. The number of rotatable bonds is 5. The van der Waals surface area contributed by atoms with E-state index < -0.39 is 5.82 Å². The highest BCUT2D eigenvalue weighted by atomic mass is 19.1. The lowest BCUT2D eigenvalue weighted by atomic mass is 10.2. The van der Waals surface area contributed by atoms with Crippen LogP contribution in [0.5, 0.6) is 0 Å². The first-order valence-electron chi connectivity index (χ1n) is 5.79. The second-order valence-corrected chi connectivity index (χ2v) is 4.19. The molecule has 0 saturated heterocycles. The molecule has 1 heterocycles. The molecule has 96 valence electrons. The smallest absolute Gasteiger partial charge is 0.127 e. The minimum Gasteiger partial charge on any atom is -0.311 e. The number of aromatic nitrogens is 2. The topological polar surface area (TPSA) is 29.9 Å². The van der Waals surface area contributed by atoms with Crippen LogP contribution in [0.2, 0.25) is 0 Å². The van der Waals surface area contributed by atoms with Crippen LogP contribution in [0.15, 0.2) is 30.6 Å². The Hall–Kier alpha value is -1.75. The molecule has 0 saturated carbocycles. The van der Waals surface area contributed by atoms with Crippen LogP contribution in [0, 0.1) is 18.6 Å². The summed E-state index contributed by atoms with van der Waals surface area (Å²) >= 11 is 0. The first-order chi connectivity index (χ1) is 8.65. The Kier molecular flexibility index (Phi) is 4.04. The van der Waals surface area contributed by atoms with Gasteiger partial charge in [-0.15, -0.1) is 0 Å². The summed E-state index contributed by atoms with van der Waals surface area (Å²) in [6.07, 6.45) is 3.72. The quantitative estimate of drug-likeness (QED) is 0.826. The van der Waals surface area contributed by atoms with Crippen LogP contribution in [0.4, 0.5) is 8.78 Å². The predicted octanol–water partition coefficient (Wildman–Crippen LogP) is 2.26. The average Bonchev–Trinajstić information content (AvgIpc) is 2.75. The van der Waals surface area contributed by atoms with E-state index in [2.05, 4.69) is 10.4 Å². The molecule has 0 spiro atoms. The highest BCUT2D eigenvalue weighted by molar-refractivity contribution is 5.18. The maximum atomic E-state index is 13.3. The molecule has 0 atom stereocenters. The molecule has 1 N–H and O–H groups in total. The molecule has 2 aromatic rings. The van der Waals surface area contributed by atoms with Gasteiger partial charge in [0.15, 0.2) is 0 Å². The Labute approximate surface area is 104 Å². The van der Waals surface area contributed by atoms with Crippen LogP contribution >= 0.6 is 0 Å². The summed E-state index contributed by atoms with van der Waals surface area (Å²) in [4.78, 5) is 0. The minimum atomic E-state index is -0.420. The van der Waals surface area contributed by atoms with Gasteiger partial charge in [0.2, 0.25) is 0 Å². The van der Waals surface area contributed by atoms with Gasteiger partial charge < -0.3 is 5.32 Å². The standard InChI is InChI=1S/C13H15F2N3/c1-10-7-17-18(9-10)5-4-16-8-11-6-12(14)2-3-13(11)15/h2-3,6-7,9,16H,4-5,8H2,1H3. The van der Waals surface area contributed by atoms with Crippen molar-refractivity contribution in [2.45, 2.75) is 20.0 Å². The molecule has 18 heavy (non-hydrogen) atoms. The molecule has 1 aromatic carbocycles. The third-order valence-corrected chi connectivity index (χ3v) is 2.60. The Morgan fingerprint density at radius 3 is 2.89 bits per heavy atom. The van der Waals surface area contributed by atoms with Crippen molar-refractivity contribution in [3.05, 3.63) is 53.4 Å². The summed E-state index contributed by atoms with van der Waals surface area (Å²) in [7, 11) is 0. The molecular formula is C13H15F2N3. The van der Waals surface area contributed by atoms with Crippen molar-refractivity contribution in [2.75, 3.05) is 6.54 Å². The summed E-state index contributed by atoms with van der Waals surface area (Å²) in [6, 6.07) is 3.47. The number of nitrogens with zero attached hydrogens (tertiary/aromatic N) is 2. The highest BCUT2D eigenvalue weighted by Gasteiger charge is 2.03. The van der Waals surface area contributed by atoms with Crippen LogP contribution in [-0.4, -0.2) is 16.3 Å².